The smallest absolute Gasteiger partial charge is 0.336 e. The number of carbonyl (C=O) groups is 2. The molecule has 2 aliphatic rings. The molecule has 0 saturated carbocycles. The Kier molecular flexibility index (Phi) is 6.18. The number of hydrogen-bond donors (Lipinski definition) is 1. The first-order chi connectivity index (χ1) is 17.0. The average molecular weight is 486 g/mol. The predicted octanol–water partition coefficient (Wildman–Crippen LogP) is 6.05. The third-order valence-electron chi connectivity index (χ3n) is 6.28. The molecule has 0 amide bonds. The molecule has 0 spiro atoms. The lowest BCUT2D eigenvalue weighted by Crippen LogP contribution is -2.29. The van der Waals surface area contributed by atoms with Crippen molar-refractivity contribution in [3.8, 4) is 5.75 Å². The van der Waals surface area contributed by atoms with E-state index in [1.54, 1.807) is 6.92 Å². The van der Waals surface area contributed by atoms with Crippen LogP contribution in [-0.4, -0.2) is 18.4 Å². The number of Topliss-reactive ketones (excluding diaryl/α,β-unsaturated/α-hetero) is 1. The zero-order valence-electron chi connectivity index (χ0n) is 19.4. The van der Waals surface area contributed by atoms with Crippen molar-refractivity contribution in [2.75, 3.05) is 6.61 Å². The van der Waals surface area contributed by atoms with E-state index in [1.165, 1.54) is 0 Å². The quantitative estimate of drug-likeness (QED) is 0.430. The van der Waals surface area contributed by atoms with E-state index in [-0.39, 0.29) is 12.4 Å². The van der Waals surface area contributed by atoms with Gasteiger partial charge in [0.05, 0.1) is 17.9 Å². The number of rotatable bonds is 6. The number of fused-ring (bicyclic) bond motifs is 2. The summed E-state index contributed by atoms with van der Waals surface area (Å²) in [6.07, 6.45) is 0. The highest BCUT2D eigenvalue weighted by atomic mass is 35.5. The molecule has 1 aliphatic heterocycles. The molecule has 35 heavy (non-hydrogen) atoms. The van der Waals surface area contributed by atoms with Crippen LogP contribution < -0.4 is 10.1 Å². The SMILES string of the molecule is CCOC(=O)C1=C(C)NC2=C(C(=O)c3ccccc32)[C@@H]1c1ccc(OCc2ccc(Cl)cc2)cc1. The van der Waals surface area contributed by atoms with E-state index in [2.05, 4.69) is 5.32 Å². The average Bonchev–Trinajstić information content (AvgIpc) is 3.15. The molecule has 176 valence electrons. The van der Waals surface area contributed by atoms with Crippen molar-refractivity contribution in [1.29, 1.82) is 0 Å². The highest BCUT2D eigenvalue weighted by Crippen LogP contribution is 2.46. The summed E-state index contributed by atoms with van der Waals surface area (Å²) in [5.41, 5.74) is 5.75. The number of dihydropyridines is 1. The lowest BCUT2D eigenvalue weighted by Gasteiger charge is -2.29. The molecule has 1 atom stereocenters. The van der Waals surface area contributed by atoms with E-state index >= 15 is 0 Å². The molecule has 1 heterocycles. The van der Waals surface area contributed by atoms with Crippen LogP contribution in [0.25, 0.3) is 5.70 Å². The molecule has 0 fully saturated rings. The van der Waals surface area contributed by atoms with Gasteiger partial charge in [0, 0.05) is 33.3 Å². The second kappa shape index (κ2) is 9.43. The maximum atomic E-state index is 13.5. The number of ketones is 1. The van der Waals surface area contributed by atoms with Gasteiger partial charge in [-0.3, -0.25) is 4.79 Å². The molecule has 5 rings (SSSR count). The summed E-state index contributed by atoms with van der Waals surface area (Å²) < 4.78 is 11.3. The Hall–Kier alpha value is -3.83. The van der Waals surface area contributed by atoms with E-state index < -0.39 is 11.9 Å². The summed E-state index contributed by atoms with van der Waals surface area (Å²) in [5, 5.41) is 3.99. The van der Waals surface area contributed by atoms with Crippen LogP contribution in [0.1, 0.15) is 46.8 Å². The van der Waals surface area contributed by atoms with Crippen molar-refractivity contribution < 1.29 is 19.1 Å². The largest absolute Gasteiger partial charge is 0.489 e. The van der Waals surface area contributed by atoms with Crippen LogP contribution in [0.2, 0.25) is 5.02 Å². The number of nitrogens with one attached hydrogen (secondary N) is 1. The molecule has 0 radical (unpaired) electrons. The Morgan fingerprint density at radius 3 is 2.34 bits per heavy atom. The van der Waals surface area contributed by atoms with E-state index in [0.717, 1.165) is 22.4 Å². The molecule has 1 N–H and O–H groups in total. The topological polar surface area (TPSA) is 64.6 Å². The van der Waals surface area contributed by atoms with Gasteiger partial charge < -0.3 is 14.8 Å². The van der Waals surface area contributed by atoms with Crippen molar-refractivity contribution in [2.24, 2.45) is 0 Å². The lowest BCUT2D eigenvalue weighted by molar-refractivity contribution is -0.138. The Morgan fingerprint density at radius 2 is 1.66 bits per heavy atom. The van der Waals surface area contributed by atoms with Gasteiger partial charge in [0.25, 0.3) is 0 Å². The molecule has 0 bridgehead atoms. The minimum atomic E-state index is -0.546. The predicted molar refractivity (Wildman–Crippen MR) is 135 cm³/mol. The molecule has 0 aromatic heterocycles. The van der Waals surface area contributed by atoms with Gasteiger partial charge in [-0.25, -0.2) is 4.79 Å². The van der Waals surface area contributed by atoms with Crippen molar-refractivity contribution in [3.63, 3.8) is 0 Å². The van der Waals surface area contributed by atoms with Crippen LogP contribution in [0.5, 0.6) is 5.75 Å². The molecule has 1 aliphatic carbocycles. The molecule has 5 nitrogen and oxygen atoms in total. The molecular formula is C29H24ClNO4. The first-order valence-electron chi connectivity index (χ1n) is 11.5. The highest BCUT2D eigenvalue weighted by molar-refractivity contribution is 6.30. The fourth-order valence-electron chi connectivity index (χ4n) is 4.65. The summed E-state index contributed by atoms with van der Waals surface area (Å²) in [4.78, 5) is 26.5. The summed E-state index contributed by atoms with van der Waals surface area (Å²) in [6.45, 7) is 4.27. The van der Waals surface area contributed by atoms with E-state index in [1.807, 2.05) is 79.7 Å². The number of esters is 1. The third-order valence-corrected chi connectivity index (χ3v) is 6.53. The zero-order chi connectivity index (χ0) is 24.5. The monoisotopic (exact) mass is 485 g/mol. The van der Waals surface area contributed by atoms with Crippen molar-refractivity contribution in [2.45, 2.75) is 26.4 Å². The van der Waals surface area contributed by atoms with Crippen molar-refractivity contribution in [3.05, 3.63) is 117 Å². The maximum absolute atomic E-state index is 13.5. The molecule has 3 aromatic carbocycles. The standard InChI is InChI=1S/C29H24ClNO4/c1-3-34-29(33)24-17(2)31-27-22-6-4-5-7-23(22)28(32)26(27)25(24)19-10-14-21(15-11-19)35-16-18-8-12-20(30)13-9-18/h4-15,25,31H,3,16H2,1-2H3/t25-/m1/s1. The van der Waals surface area contributed by atoms with Crippen LogP contribution in [0, 0.1) is 0 Å². The summed E-state index contributed by atoms with van der Waals surface area (Å²) in [5.74, 6) is -0.367. The fourth-order valence-corrected chi connectivity index (χ4v) is 4.77. The van der Waals surface area contributed by atoms with Crippen LogP contribution in [0.3, 0.4) is 0 Å². The first-order valence-corrected chi connectivity index (χ1v) is 11.9. The Morgan fingerprint density at radius 1 is 0.971 bits per heavy atom. The maximum Gasteiger partial charge on any atom is 0.336 e. The van der Waals surface area contributed by atoms with Crippen molar-refractivity contribution >= 4 is 29.1 Å². The molecule has 0 unspecified atom stereocenters. The van der Waals surface area contributed by atoms with E-state index in [0.29, 0.717) is 39.8 Å². The second-order valence-electron chi connectivity index (χ2n) is 8.46. The number of allylic oxidation sites excluding steroid dienone is 2. The number of ether oxygens (including phenoxy) is 2. The molecule has 6 heteroatoms. The first kappa shape index (κ1) is 22.9. The second-order valence-corrected chi connectivity index (χ2v) is 8.90. The molecule has 0 saturated heterocycles. The van der Waals surface area contributed by atoms with Gasteiger partial charge in [-0.1, -0.05) is 60.1 Å². The summed E-state index contributed by atoms with van der Waals surface area (Å²) >= 11 is 5.95. The van der Waals surface area contributed by atoms with Gasteiger partial charge in [0.1, 0.15) is 12.4 Å². The minimum absolute atomic E-state index is 0.0783. The van der Waals surface area contributed by atoms with E-state index in [9.17, 15) is 9.59 Å². The van der Waals surface area contributed by atoms with Gasteiger partial charge in [0.15, 0.2) is 5.78 Å². The van der Waals surface area contributed by atoms with Gasteiger partial charge in [-0.2, -0.15) is 0 Å². The molecule has 3 aromatic rings. The Balaban J connectivity index is 1.49. The van der Waals surface area contributed by atoms with Crippen LogP contribution in [0.15, 0.2) is 89.6 Å². The van der Waals surface area contributed by atoms with Crippen molar-refractivity contribution in [1.82, 2.24) is 5.32 Å². The number of halogens is 1. The van der Waals surface area contributed by atoms with E-state index in [4.69, 9.17) is 21.1 Å². The molecular weight excluding hydrogens is 462 g/mol. The van der Waals surface area contributed by atoms with Crippen LogP contribution >= 0.6 is 11.6 Å². The van der Waals surface area contributed by atoms with Gasteiger partial charge in [-0.05, 0) is 49.2 Å². The summed E-state index contributed by atoms with van der Waals surface area (Å²) in [7, 11) is 0. The number of carbonyl (C=O) groups excluding carboxylic acids is 2. The normalized spacial score (nSPS) is 16.5. The van der Waals surface area contributed by atoms with Gasteiger partial charge in [0.2, 0.25) is 0 Å². The number of benzene rings is 3. The third kappa shape index (κ3) is 4.24. The lowest BCUT2D eigenvalue weighted by atomic mass is 9.80. The summed E-state index contributed by atoms with van der Waals surface area (Å²) in [6, 6.07) is 22.5. The van der Waals surface area contributed by atoms with Gasteiger partial charge in [-0.15, -0.1) is 0 Å². The van der Waals surface area contributed by atoms with Gasteiger partial charge >= 0.3 is 5.97 Å². The Labute approximate surface area is 209 Å². The fraction of sp³-hybridized carbons (Fsp3) is 0.172. The minimum Gasteiger partial charge on any atom is -0.489 e. The highest BCUT2D eigenvalue weighted by Gasteiger charge is 2.42. The zero-order valence-corrected chi connectivity index (χ0v) is 20.2. The Bertz CT molecular complexity index is 1370. The number of hydrogen-bond acceptors (Lipinski definition) is 5. The van der Waals surface area contributed by atoms with Crippen LogP contribution in [0.4, 0.5) is 0 Å². The van der Waals surface area contributed by atoms with Crippen LogP contribution in [-0.2, 0) is 16.1 Å².